The van der Waals surface area contributed by atoms with Gasteiger partial charge in [0, 0.05) is 18.1 Å². The monoisotopic (exact) mass is 447 g/mol. The molecule has 0 bridgehead atoms. The average molecular weight is 448 g/mol. The number of hydrogen-bond acceptors (Lipinski definition) is 7. The molecule has 1 fully saturated rings. The fraction of sp³-hybridized carbons (Fsp3) is 0.333. The van der Waals surface area contributed by atoms with Gasteiger partial charge in [0.2, 0.25) is 5.89 Å². The van der Waals surface area contributed by atoms with Crippen LogP contribution in [-0.4, -0.2) is 41.2 Å². The molecule has 3 aromatic rings. The Labute approximate surface area is 180 Å². The summed E-state index contributed by atoms with van der Waals surface area (Å²) in [5.41, 5.74) is 2.02. The maximum atomic E-state index is 12.6. The Bertz CT molecular complexity index is 1110. The normalized spacial score (nSPS) is 20.0. The SMILES string of the molecule is Cc1ccc(S(=O)(=O)Cc2noc(C3CC(O)CN3Cc3ccc(Cl)cc3)n2)cc1. The van der Waals surface area contributed by atoms with Gasteiger partial charge >= 0.3 is 0 Å². The first kappa shape index (κ1) is 21.0. The summed E-state index contributed by atoms with van der Waals surface area (Å²) in [7, 11) is -3.58. The van der Waals surface area contributed by atoms with Crippen molar-refractivity contribution < 1.29 is 18.0 Å². The second kappa shape index (κ2) is 8.47. The molecular weight excluding hydrogens is 426 g/mol. The number of benzene rings is 2. The summed E-state index contributed by atoms with van der Waals surface area (Å²) in [5.74, 6) is 0.0828. The highest BCUT2D eigenvalue weighted by molar-refractivity contribution is 7.90. The summed E-state index contributed by atoms with van der Waals surface area (Å²) in [6.45, 7) is 2.94. The van der Waals surface area contributed by atoms with E-state index in [9.17, 15) is 13.5 Å². The Hall–Kier alpha value is -2.26. The zero-order chi connectivity index (χ0) is 21.3. The van der Waals surface area contributed by atoms with E-state index in [0.29, 0.717) is 30.4 Å². The van der Waals surface area contributed by atoms with Crippen molar-refractivity contribution in [2.45, 2.75) is 42.7 Å². The molecule has 1 aliphatic rings. The van der Waals surface area contributed by atoms with E-state index in [0.717, 1.165) is 11.1 Å². The van der Waals surface area contributed by atoms with E-state index < -0.39 is 15.9 Å². The minimum Gasteiger partial charge on any atom is -0.392 e. The van der Waals surface area contributed by atoms with Crippen LogP contribution in [0.5, 0.6) is 0 Å². The second-order valence-corrected chi connectivity index (χ2v) is 10.0. The number of aliphatic hydroxyl groups excluding tert-OH is 1. The number of aliphatic hydroxyl groups is 1. The van der Waals surface area contributed by atoms with Crippen LogP contribution in [0.1, 0.15) is 35.3 Å². The first-order valence-corrected chi connectivity index (χ1v) is 11.6. The van der Waals surface area contributed by atoms with Crippen molar-refractivity contribution in [2.75, 3.05) is 6.54 Å². The van der Waals surface area contributed by atoms with Gasteiger partial charge in [0.05, 0.1) is 17.0 Å². The van der Waals surface area contributed by atoms with Crippen LogP contribution in [0.2, 0.25) is 5.02 Å². The van der Waals surface area contributed by atoms with Gasteiger partial charge in [0.1, 0.15) is 5.75 Å². The van der Waals surface area contributed by atoms with Crippen LogP contribution >= 0.6 is 11.6 Å². The molecule has 1 aromatic heterocycles. The number of likely N-dealkylation sites (tertiary alicyclic amines) is 1. The third kappa shape index (κ3) is 4.73. The van der Waals surface area contributed by atoms with E-state index >= 15 is 0 Å². The fourth-order valence-electron chi connectivity index (χ4n) is 3.60. The van der Waals surface area contributed by atoms with Crippen LogP contribution in [0.3, 0.4) is 0 Å². The van der Waals surface area contributed by atoms with Crippen LogP contribution in [0.4, 0.5) is 0 Å². The van der Waals surface area contributed by atoms with Crippen molar-refractivity contribution >= 4 is 21.4 Å². The number of hydrogen-bond donors (Lipinski definition) is 1. The average Bonchev–Trinajstić information content (AvgIpc) is 3.29. The van der Waals surface area contributed by atoms with E-state index in [1.807, 2.05) is 36.1 Å². The second-order valence-electron chi connectivity index (χ2n) is 7.58. The van der Waals surface area contributed by atoms with Gasteiger partial charge < -0.3 is 9.63 Å². The summed E-state index contributed by atoms with van der Waals surface area (Å²) < 4.78 is 30.7. The number of aryl methyl sites for hydroxylation is 1. The highest BCUT2D eigenvalue weighted by Gasteiger charge is 2.36. The molecule has 0 saturated carbocycles. The van der Waals surface area contributed by atoms with Crippen LogP contribution in [0.15, 0.2) is 57.9 Å². The van der Waals surface area contributed by atoms with Crippen LogP contribution < -0.4 is 0 Å². The lowest BCUT2D eigenvalue weighted by Crippen LogP contribution is -2.24. The highest BCUT2D eigenvalue weighted by atomic mass is 35.5. The number of nitrogens with zero attached hydrogens (tertiary/aromatic N) is 3. The number of sulfone groups is 1. The van der Waals surface area contributed by atoms with Crippen molar-refractivity contribution in [2.24, 2.45) is 0 Å². The Balaban J connectivity index is 1.50. The van der Waals surface area contributed by atoms with Crippen LogP contribution in [0, 0.1) is 6.92 Å². The predicted octanol–water partition coefficient (Wildman–Crippen LogP) is 3.31. The lowest BCUT2D eigenvalue weighted by atomic mass is 10.1. The first-order chi connectivity index (χ1) is 14.3. The zero-order valence-corrected chi connectivity index (χ0v) is 18.0. The Kier molecular flexibility index (Phi) is 5.92. The van der Waals surface area contributed by atoms with Gasteiger partial charge in [-0.25, -0.2) is 8.42 Å². The van der Waals surface area contributed by atoms with Crippen molar-refractivity contribution in [3.63, 3.8) is 0 Å². The molecular formula is C21H22ClN3O4S. The van der Waals surface area contributed by atoms with E-state index in [1.165, 1.54) is 0 Å². The molecule has 1 aliphatic heterocycles. The molecule has 2 atom stereocenters. The molecule has 4 rings (SSSR count). The number of aromatic nitrogens is 2. The minimum atomic E-state index is -3.58. The van der Waals surface area contributed by atoms with Crippen molar-refractivity contribution in [1.82, 2.24) is 15.0 Å². The van der Waals surface area contributed by atoms with Gasteiger partial charge in [-0.3, -0.25) is 4.90 Å². The van der Waals surface area contributed by atoms with Gasteiger partial charge in [0.15, 0.2) is 15.7 Å². The van der Waals surface area contributed by atoms with Gasteiger partial charge in [-0.15, -0.1) is 0 Å². The molecule has 0 aliphatic carbocycles. The molecule has 7 nitrogen and oxygen atoms in total. The molecule has 0 radical (unpaired) electrons. The Morgan fingerprint density at radius 2 is 1.87 bits per heavy atom. The summed E-state index contributed by atoms with van der Waals surface area (Å²) in [4.78, 5) is 6.59. The number of rotatable bonds is 6. The smallest absolute Gasteiger partial charge is 0.244 e. The molecule has 1 N–H and O–H groups in total. The van der Waals surface area contributed by atoms with Gasteiger partial charge in [-0.1, -0.05) is 46.6 Å². The molecule has 1 saturated heterocycles. The van der Waals surface area contributed by atoms with Crippen LogP contribution in [-0.2, 0) is 22.1 Å². The minimum absolute atomic E-state index is 0.110. The first-order valence-electron chi connectivity index (χ1n) is 9.58. The van der Waals surface area contributed by atoms with Gasteiger partial charge in [-0.2, -0.15) is 4.98 Å². The van der Waals surface area contributed by atoms with E-state index in [4.69, 9.17) is 16.1 Å². The van der Waals surface area contributed by atoms with Gasteiger partial charge in [0.25, 0.3) is 0 Å². The summed E-state index contributed by atoms with van der Waals surface area (Å²) in [6.07, 6.45) is -0.0751. The molecule has 0 spiro atoms. The molecule has 2 heterocycles. The largest absolute Gasteiger partial charge is 0.392 e. The molecule has 30 heavy (non-hydrogen) atoms. The molecule has 0 amide bonds. The van der Waals surface area contributed by atoms with E-state index in [-0.39, 0.29) is 22.5 Å². The summed E-state index contributed by atoms with van der Waals surface area (Å²) in [6, 6.07) is 13.9. The van der Waals surface area contributed by atoms with Crippen molar-refractivity contribution in [1.29, 1.82) is 0 Å². The molecule has 158 valence electrons. The van der Waals surface area contributed by atoms with Crippen molar-refractivity contribution in [3.05, 3.63) is 76.4 Å². The lowest BCUT2D eigenvalue weighted by molar-refractivity contribution is 0.169. The summed E-state index contributed by atoms with van der Waals surface area (Å²) in [5, 5.41) is 14.7. The third-order valence-corrected chi connectivity index (χ3v) is 7.03. The van der Waals surface area contributed by atoms with Crippen LogP contribution in [0.25, 0.3) is 0 Å². The standard InChI is InChI=1S/C21H22ClN3O4S/c1-14-2-8-18(9-3-14)30(27,28)13-20-23-21(29-24-20)19-10-17(26)12-25(19)11-15-4-6-16(22)7-5-15/h2-9,17,19,26H,10-13H2,1H3. The van der Waals surface area contributed by atoms with E-state index in [1.54, 1.807) is 24.3 Å². The predicted molar refractivity (Wildman–Crippen MR) is 112 cm³/mol. The quantitative estimate of drug-likeness (QED) is 0.619. The fourth-order valence-corrected chi connectivity index (χ4v) is 4.90. The molecule has 2 unspecified atom stereocenters. The highest BCUT2D eigenvalue weighted by Crippen LogP contribution is 2.33. The molecule has 9 heteroatoms. The maximum absolute atomic E-state index is 12.6. The topological polar surface area (TPSA) is 96.5 Å². The third-order valence-electron chi connectivity index (χ3n) is 5.15. The Morgan fingerprint density at radius 3 is 2.57 bits per heavy atom. The number of halogens is 1. The Morgan fingerprint density at radius 1 is 1.17 bits per heavy atom. The zero-order valence-electron chi connectivity index (χ0n) is 16.4. The van der Waals surface area contributed by atoms with E-state index in [2.05, 4.69) is 10.1 Å². The molecule has 2 aromatic carbocycles. The lowest BCUT2D eigenvalue weighted by Gasteiger charge is -2.21. The number of β-amino-alcohol motifs (C(OH)–C–C–N with tert-alkyl or cyclic N) is 1. The summed E-state index contributed by atoms with van der Waals surface area (Å²) >= 11 is 5.95. The van der Waals surface area contributed by atoms with Crippen molar-refractivity contribution in [3.8, 4) is 0 Å². The maximum Gasteiger partial charge on any atom is 0.244 e. The van der Waals surface area contributed by atoms with Gasteiger partial charge in [-0.05, 0) is 43.2 Å².